The summed E-state index contributed by atoms with van der Waals surface area (Å²) in [4.78, 5) is 15.4. The van der Waals surface area contributed by atoms with Crippen molar-refractivity contribution in [3.63, 3.8) is 0 Å². The highest BCUT2D eigenvalue weighted by atomic mass is 16.5. The van der Waals surface area contributed by atoms with Crippen molar-refractivity contribution in [1.82, 2.24) is 4.90 Å². The lowest BCUT2D eigenvalue weighted by molar-refractivity contribution is -0.145. The van der Waals surface area contributed by atoms with E-state index in [-0.39, 0.29) is 11.9 Å². The number of ether oxygens (including phenoxy) is 2. The Bertz CT molecular complexity index is 1070. The second kappa shape index (κ2) is 8.33. The molecular formula is C26H25NO3. The number of carbonyl (C=O) groups excluding carboxylic acids is 1. The molecule has 2 atom stereocenters. The zero-order valence-corrected chi connectivity index (χ0v) is 16.9. The number of hydrogen-bond acceptors (Lipinski definition) is 3. The number of carbonyl (C=O) groups is 1. The number of nitrogens with zero attached hydrogens (tertiary/aromatic N) is 1. The van der Waals surface area contributed by atoms with Crippen LogP contribution in [-0.2, 0) is 27.3 Å². The summed E-state index contributed by atoms with van der Waals surface area (Å²) in [5.41, 5.74) is 2.20. The van der Waals surface area contributed by atoms with Crippen LogP contribution in [0.5, 0.6) is 0 Å². The van der Waals surface area contributed by atoms with Crippen LogP contribution < -0.4 is 0 Å². The minimum absolute atomic E-state index is 0.0424. The maximum atomic E-state index is 13.5. The quantitative estimate of drug-likeness (QED) is 0.613. The number of amides is 1. The maximum Gasteiger partial charge on any atom is 0.252 e. The lowest BCUT2D eigenvalue weighted by Gasteiger charge is -2.27. The molecule has 5 rings (SSSR count). The fourth-order valence-corrected chi connectivity index (χ4v) is 4.43. The average molecular weight is 399 g/mol. The summed E-state index contributed by atoms with van der Waals surface area (Å²) in [6.45, 7) is 1.68. The molecule has 1 fully saturated rings. The third kappa shape index (κ3) is 3.71. The molecule has 2 aliphatic heterocycles. The number of fused-ring (bicyclic) bond motifs is 2. The van der Waals surface area contributed by atoms with Crippen LogP contribution in [0.25, 0.3) is 10.8 Å². The topological polar surface area (TPSA) is 38.8 Å². The molecule has 30 heavy (non-hydrogen) atoms. The minimum atomic E-state index is -0.528. The largest absolute Gasteiger partial charge is 0.496 e. The van der Waals surface area contributed by atoms with Gasteiger partial charge in [-0.2, -0.15) is 0 Å². The second-order valence-corrected chi connectivity index (χ2v) is 7.88. The van der Waals surface area contributed by atoms with Gasteiger partial charge in [-0.1, -0.05) is 72.8 Å². The first-order valence-electron chi connectivity index (χ1n) is 10.5. The molecule has 4 heteroatoms. The number of hydrogen-bond donors (Lipinski definition) is 0. The zero-order chi connectivity index (χ0) is 20.3. The van der Waals surface area contributed by atoms with Crippen LogP contribution in [0.15, 0.2) is 84.6 Å². The van der Waals surface area contributed by atoms with Crippen molar-refractivity contribution in [3.05, 3.63) is 95.8 Å². The Labute approximate surface area is 176 Å². The smallest absolute Gasteiger partial charge is 0.252 e. The van der Waals surface area contributed by atoms with E-state index in [1.54, 1.807) is 0 Å². The van der Waals surface area contributed by atoms with Gasteiger partial charge in [-0.05, 0) is 28.0 Å². The highest BCUT2D eigenvalue weighted by Crippen LogP contribution is 2.30. The number of rotatable bonds is 6. The minimum Gasteiger partial charge on any atom is -0.496 e. The number of benzene rings is 3. The highest BCUT2D eigenvalue weighted by Gasteiger charge is 2.38. The molecule has 0 radical (unpaired) electrons. The SMILES string of the molecule is O=C(C(Cc1ccccc1)OCc1cccc2ccccc12)N1CC=C2OCCC21. The van der Waals surface area contributed by atoms with Crippen molar-refractivity contribution < 1.29 is 14.3 Å². The van der Waals surface area contributed by atoms with E-state index in [4.69, 9.17) is 9.47 Å². The molecule has 0 bridgehead atoms. The van der Waals surface area contributed by atoms with Crippen molar-refractivity contribution in [2.75, 3.05) is 13.2 Å². The molecule has 1 amide bonds. The summed E-state index contributed by atoms with van der Waals surface area (Å²) in [5, 5.41) is 2.35. The highest BCUT2D eigenvalue weighted by molar-refractivity contribution is 5.86. The summed E-state index contributed by atoms with van der Waals surface area (Å²) >= 11 is 0. The van der Waals surface area contributed by atoms with E-state index in [2.05, 4.69) is 24.3 Å². The molecule has 2 unspecified atom stereocenters. The van der Waals surface area contributed by atoms with E-state index in [0.717, 1.165) is 23.3 Å². The third-order valence-electron chi connectivity index (χ3n) is 6.00. The maximum absolute atomic E-state index is 13.5. The van der Waals surface area contributed by atoms with Gasteiger partial charge in [0.25, 0.3) is 5.91 Å². The van der Waals surface area contributed by atoms with Crippen LogP contribution in [0.4, 0.5) is 0 Å². The predicted molar refractivity (Wildman–Crippen MR) is 117 cm³/mol. The molecule has 3 aromatic carbocycles. The van der Waals surface area contributed by atoms with Crippen LogP contribution in [0, 0.1) is 0 Å². The first-order valence-corrected chi connectivity index (χ1v) is 10.5. The fraction of sp³-hybridized carbons (Fsp3) is 0.269. The van der Waals surface area contributed by atoms with Crippen molar-refractivity contribution >= 4 is 16.7 Å². The fourth-order valence-electron chi connectivity index (χ4n) is 4.43. The van der Waals surface area contributed by atoms with Crippen molar-refractivity contribution in [3.8, 4) is 0 Å². The zero-order valence-electron chi connectivity index (χ0n) is 16.9. The Balaban J connectivity index is 1.37. The van der Waals surface area contributed by atoms with Gasteiger partial charge in [0.15, 0.2) is 0 Å². The predicted octanol–water partition coefficient (Wildman–Crippen LogP) is 4.48. The van der Waals surface area contributed by atoms with Gasteiger partial charge in [0.1, 0.15) is 11.9 Å². The molecule has 0 aromatic heterocycles. The van der Waals surface area contributed by atoms with Crippen LogP contribution in [0.1, 0.15) is 17.5 Å². The van der Waals surface area contributed by atoms with Gasteiger partial charge in [-0.3, -0.25) is 4.79 Å². The standard InChI is InChI=1S/C26H25NO3/c28-26(27-15-13-24-23(27)14-16-29-24)25(17-19-7-2-1-3-8-19)30-18-21-11-6-10-20-9-4-5-12-22(20)21/h1-13,23,25H,14-18H2. The molecule has 152 valence electrons. The van der Waals surface area contributed by atoms with Gasteiger partial charge in [0.2, 0.25) is 0 Å². The Morgan fingerprint density at radius 1 is 1.03 bits per heavy atom. The van der Waals surface area contributed by atoms with Gasteiger partial charge in [0.05, 0.1) is 19.3 Å². The van der Waals surface area contributed by atoms with Crippen LogP contribution in [-0.4, -0.2) is 36.1 Å². The Kier molecular flexibility index (Phi) is 5.24. The Hall–Kier alpha value is -3.11. The second-order valence-electron chi connectivity index (χ2n) is 7.88. The lowest BCUT2D eigenvalue weighted by atomic mass is 10.0. The van der Waals surface area contributed by atoms with E-state index < -0.39 is 6.10 Å². The summed E-state index contributed by atoms with van der Waals surface area (Å²) in [6.07, 6.45) is 2.92. The monoisotopic (exact) mass is 399 g/mol. The molecular weight excluding hydrogens is 374 g/mol. The third-order valence-corrected chi connectivity index (χ3v) is 6.00. The van der Waals surface area contributed by atoms with Gasteiger partial charge in [0, 0.05) is 19.4 Å². The van der Waals surface area contributed by atoms with Crippen LogP contribution >= 0.6 is 0 Å². The first kappa shape index (κ1) is 18.9. The van der Waals surface area contributed by atoms with Gasteiger partial charge in [-0.15, -0.1) is 0 Å². The average Bonchev–Trinajstić information content (AvgIpc) is 3.41. The molecule has 0 saturated carbocycles. The van der Waals surface area contributed by atoms with Gasteiger partial charge >= 0.3 is 0 Å². The first-order chi connectivity index (χ1) is 14.8. The normalized spacial score (nSPS) is 18.7. The van der Waals surface area contributed by atoms with Gasteiger partial charge in [-0.25, -0.2) is 0 Å². The van der Waals surface area contributed by atoms with Crippen LogP contribution in [0.2, 0.25) is 0 Å². The summed E-state index contributed by atoms with van der Waals surface area (Å²) in [5.74, 6) is 0.983. The van der Waals surface area contributed by atoms with E-state index in [1.807, 2.05) is 59.5 Å². The molecule has 0 aliphatic carbocycles. The summed E-state index contributed by atoms with van der Waals surface area (Å²) in [6, 6.07) is 24.7. The molecule has 4 nitrogen and oxygen atoms in total. The lowest BCUT2D eigenvalue weighted by Crippen LogP contribution is -2.44. The molecule has 2 aliphatic rings. The Morgan fingerprint density at radius 2 is 1.83 bits per heavy atom. The summed E-state index contributed by atoms with van der Waals surface area (Å²) in [7, 11) is 0. The molecule has 0 spiro atoms. The molecule has 2 heterocycles. The van der Waals surface area contributed by atoms with E-state index in [1.165, 1.54) is 10.8 Å². The van der Waals surface area contributed by atoms with E-state index in [0.29, 0.717) is 26.2 Å². The van der Waals surface area contributed by atoms with Crippen molar-refractivity contribution in [1.29, 1.82) is 0 Å². The van der Waals surface area contributed by atoms with Crippen molar-refractivity contribution in [2.45, 2.75) is 31.6 Å². The summed E-state index contributed by atoms with van der Waals surface area (Å²) < 4.78 is 12.0. The van der Waals surface area contributed by atoms with Gasteiger partial charge < -0.3 is 14.4 Å². The van der Waals surface area contributed by atoms with E-state index in [9.17, 15) is 4.79 Å². The molecule has 0 N–H and O–H groups in total. The molecule has 3 aromatic rings. The van der Waals surface area contributed by atoms with E-state index >= 15 is 0 Å². The Morgan fingerprint density at radius 3 is 2.73 bits per heavy atom. The van der Waals surface area contributed by atoms with Crippen LogP contribution in [0.3, 0.4) is 0 Å². The molecule has 1 saturated heterocycles. The van der Waals surface area contributed by atoms with Crippen molar-refractivity contribution in [2.24, 2.45) is 0 Å².